The minimum Gasteiger partial charge on any atom is -0.481 e. The van der Waals surface area contributed by atoms with E-state index in [-0.39, 0.29) is 24.6 Å². The summed E-state index contributed by atoms with van der Waals surface area (Å²) < 4.78 is 5.27. The summed E-state index contributed by atoms with van der Waals surface area (Å²) in [5, 5.41) is 11.8. The summed E-state index contributed by atoms with van der Waals surface area (Å²) in [6, 6.07) is 3.20. The van der Waals surface area contributed by atoms with E-state index in [0.717, 1.165) is 12.8 Å². The molecule has 1 aromatic rings. The van der Waals surface area contributed by atoms with Gasteiger partial charge in [0.25, 0.3) is 5.91 Å². The first-order chi connectivity index (χ1) is 9.04. The van der Waals surface area contributed by atoms with Crippen molar-refractivity contribution in [2.75, 3.05) is 0 Å². The normalized spacial score (nSPS) is 17.3. The monoisotopic (exact) mass is 266 g/mol. The molecule has 1 fully saturated rings. The summed E-state index contributed by atoms with van der Waals surface area (Å²) >= 11 is 0. The maximum atomic E-state index is 12.1. The smallest absolute Gasteiger partial charge is 0.305 e. The summed E-state index contributed by atoms with van der Waals surface area (Å²) in [5.41, 5.74) is 4.78. The molecular weight excluding hydrogens is 248 g/mol. The molecule has 1 aliphatic rings. The van der Waals surface area contributed by atoms with Crippen molar-refractivity contribution in [3.05, 3.63) is 23.7 Å². The molecule has 0 saturated heterocycles. The minimum absolute atomic E-state index is 0.0524. The first kappa shape index (κ1) is 13.6. The zero-order valence-electron chi connectivity index (χ0n) is 10.6. The Morgan fingerprint density at radius 2 is 2.05 bits per heavy atom. The van der Waals surface area contributed by atoms with E-state index in [0.29, 0.717) is 18.6 Å². The number of carbonyl (C=O) groups excluding carboxylic acids is 1. The molecule has 1 aliphatic carbocycles. The van der Waals surface area contributed by atoms with Crippen molar-refractivity contribution in [2.45, 2.75) is 44.2 Å². The second-order valence-electron chi connectivity index (χ2n) is 4.98. The summed E-state index contributed by atoms with van der Waals surface area (Å²) in [7, 11) is 0. The first-order valence-corrected chi connectivity index (χ1v) is 6.38. The summed E-state index contributed by atoms with van der Waals surface area (Å²) in [6.07, 6.45) is 3.19. The highest BCUT2D eigenvalue weighted by Gasteiger charge is 2.38. The maximum absolute atomic E-state index is 12.1. The Bertz CT molecular complexity index is 475. The van der Waals surface area contributed by atoms with E-state index in [1.807, 2.05) is 0 Å². The van der Waals surface area contributed by atoms with Crippen LogP contribution in [0.2, 0.25) is 0 Å². The number of amides is 1. The van der Waals surface area contributed by atoms with Crippen LogP contribution in [0.5, 0.6) is 0 Å². The maximum Gasteiger partial charge on any atom is 0.305 e. The molecule has 0 aliphatic heterocycles. The van der Waals surface area contributed by atoms with Gasteiger partial charge in [0.15, 0.2) is 5.76 Å². The number of hydrogen-bond acceptors (Lipinski definition) is 4. The quantitative estimate of drug-likeness (QED) is 0.744. The fourth-order valence-corrected chi connectivity index (χ4v) is 2.60. The van der Waals surface area contributed by atoms with E-state index < -0.39 is 11.5 Å². The second-order valence-corrected chi connectivity index (χ2v) is 4.98. The Hall–Kier alpha value is -1.82. The Morgan fingerprint density at radius 1 is 1.37 bits per heavy atom. The second kappa shape index (κ2) is 5.44. The number of furan rings is 1. The molecule has 1 heterocycles. The van der Waals surface area contributed by atoms with Crippen LogP contribution in [0.25, 0.3) is 0 Å². The first-order valence-electron chi connectivity index (χ1n) is 6.38. The van der Waals surface area contributed by atoms with Crippen LogP contribution in [0.4, 0.5) is 0 Å². The van der Waals surface area contributed by atoms with Gasteiger partial charge < -0.3 is 20.6 Å². The lowest BCUT2D eigenvalue weighted by molar-refractivity contribution is -0.138. The number of carboxylic acids is 1. The topological polar surface area (TPSA) is 106 Å². The highest BCUT2D eigenvalue weighted by atomic mass is 16.4. The standard InChI is InChI=1S/C13H18N2O4/c14-8-9-3-4-10(19-9)12(18)15-13(7-11(16)17)5-1-2-6-13/h3-4H,1-2,5-8,14H2,(H,15,18)(H,16,17). The molecule has 0 bridgehead atoms. The number of aliphatic carboxylic acids is 1. The molecule has 0 spiro atoms. The van der Waals surface area contributed by atoms with Crippen LogP contribution in [0, 0.1) is 0 Å². The molecule has 2 rings (SSSR count). The third-order valence-electron chi connectivity index (χ3n) is 3.52. The predicted molar refractivity (Wildman–Crippen MR) is 67.5 cm³/mol. The van der Waals surface area contributed by atoms with Gasteiger partial charge in [-0.25, -0.2) is 0 Å². The Labute approximate surface area is 111 Å². The lowest BCUT2D eigenvalue weighted by atomic mass is 9.93. The molecule has 0 aromatic carbocycles. The van der Waals surface area contributed by atoms with Crippen molar-refractivity contribution < 1.29 is 19.1 Å². The summed E-state index contributed by atoms with van der Waals surface area (Å²) in [4.78, 5) is 23.0. The van der Waals surface area contributed by atoms with Crippen LogP contribution in [-0.2, 0) is 11.3 Å². The Balaban J connectivity index is 2.08. The third kappa shape index (κ3) is 3.14. The van der Waals surface area contributed by atoms with E-state index in [2.05, 4.69) is 5.32 Å². The molecule has 19 heavy (non-hydrogen) atoms. The average Bonchev–Trinajstić information content (AvgIpc) is 2.97. The van der Waals surface area contributed by atoms with E-state index in [1.54, 1.807) is 12.1 Å². The van der Waals surface area contributed by atoms with E-state index in [9.17, 15) is 9.59 Å². The molecule has 104 valence electrons. The van der Waals surface area contributed by atoms with Crippen molar-refractivity contribution >= 4 is 11.9 Å². The van der Waals surface area contributed by atoms with Crippen LogP contribution in [-0.4, -0.2) is 22.5 Å². The van der Waals surface area contributed by atoms with Crippen LogP contribution < -0.4 is 11.1 Å². The molecule has 1 amide bonds. The van der Waals surface area contributed by atoms with Crippen LogP contribution in [0.3, 0.4) is 0 Å². The predicted octanol–water partition coefficient (Wildman–Crippen LogP) is 1.26. The number of carboxylic acid groups (broad SMARTS) is 1. The fraction of sp³-hybridized carbons (Fsp3) is 0.538. The molecule has 6 nitrogen and oxygen atoms in total. The number of nitrogens with two attached hydrogens (primary N) is 1. The van der Waals surface area contributed by atoms with Gasteiger partial charge in [0.05, 0.1) is 18.5 Å². The average molecular weight is 266 g/mol. The zero-order valence-corrected chi connectivity index (χ0v) is 10.6. The molecule has 1 aromatic heterocycles. The summed E-state index contributed by atoms with van der Waals surface area (Å²) in [5.74, 6) is -0.562. The van der Waals surface area contributed by atoms with Crippen LogP contribution >= 0.6 is 0 Å². The van der Waals surface area contributed by atoms with Gasteiger partial charge in [-0.2, -0.15) is 0 Å². The van der Waals surface area contributed by atoms with Gasteiger partial charge in [-0.05, 0) is 25.0 Å². The molecule has 0 radical (unpaired) electrons. The summed E-state index contributed by atoms with van der Waals surface area (Å²) in [6.45, 7) is 0.230. The van der Waals surface area contributed by atoms with Crippen molar-refractivity contribution in [2.24, 2.45) is 5.73 Å². The Morgan fingerprint density at radius 3 is 2.58 bits per heavy atom. The minimum atomic E-state index is -0.899. The van der Waals surface area contributed by atoms with Gasteiger partial charge in [0.1, 0.15) is 5.76 Å². The lowest BCUT2D eigenvalue weighted by Gasteiger charge is -2.28. The van der Waals surface area contributed by atoms with Crippen molar-refractivity contribution in [1.82, 2.24) is 5.32 Å². The van der Waals surface area contributed by atoms with E-state index >= 15 is 0 Å². The van der Waals surface area contributed by atoms with Crippen LogP contribution in [0.1, 0.15) is 48.4 Å². The van der Waals surface area contributed by atoms with Gasteiger partial charge in [-0.15, -0.1) is 0 Å². The molecule has 0 atom stereocenters. The Kier molecular flexibility index (Phi) is 3.90. The van der Waals surface area contributed by atoms with Crippen LogP contribution in [0.15, 0.2) is 16.5 Å². The third-order valence-corrected chi connectivity index (χ3v) is 3.52. The highest BCUT2D eigenvalue weighted by Crippen LogP contribution is 2.33. The van der Waals surface area contributed by atoms with E-state index in [1.165, 1.54) is 0 Å². The highest BCUT2D eigenvalue weighted by molar-refractivity contribution is 5.92. The van der Waals surface area contributed by atoms with Gasteiger partial charge >= 0.3 is 5.97 Å². The van der Waals surface area contributed by atoms with Crippen molar-refractivity contribution in [1.29, 1.82) is 0 Å². The van der Waals surface area contributed by atoms with Crippen molar-refractivity contribution in [3.8, 4) is 0 Å². The molecule has 1 saturated carbocycles. The lowest BCUT2D eigenvalue weighted by Crippen LogP contribution is -2.47. The molecule has 6 heteroatoms. The van der Waals surface area contributed by atoms with Gasteiger partial charge in [0.2, 0.25) is 0 Å². The molecule has 0 unspecified atom stereocenters. The van der Waals surface area contributed by atoms with E-state index in [4.69, 9.17) is 15.3 Å². The SMILES string of the molecule is NCc1ccc(C(=O)NC2(CC(=O)O)CCCC2)o1. The van der Waals surface area contributed by atoms with Gasteiger partial charge in [-0.3, -0.25) is 9.59 Å². The molecular formula is C13H18N2O4. The van der Waals surface area contributed by atoms with Crippen molar-refractivity contribution in [3.63, 3.8) is 0 Å². The number of rotatable bonds is 5. The van der Waals surface area contributed by atoms with Gasteiger partial charge in [-0.1, -0.05) is 12.8 Å². The zero-order chi connectivity index (χ0) is 13.9. The number of hydrogen-bond donors (Lipinski definition) is 3. The number of carbonyl (C=O) groups is 2. The largest absolute Gasteiger partial charge is 0.481 e. The number of nitrogens with one attached hydrogen (secondary N) is 1. The molecule has 4 N–H and O–H groups in total. The van der Waals surface area contributed by atoms with Gasteiger partial charge in [0, 0.05) is 0 Å². The fourth-order valence-electron chi connectivity index (χ4n) is 2.60.